The second-order valence-corrected chi connectivity index (χ2v) is 6.78. The number of benzene rings is 1. The summed E-state index contributed by atoms with van der Waals surface area (Å²) in [6, 6.07) is 8.33. The predicted molar refractivity (Wildman–Crippen MR) is 84.9 cm³/mol. The van der Waals surface area contributed by atoms with Crippen molar-refractivity contribution in [2.24, 2.45) is 11.8 Å². The highest BCUT2D eigenvalue weighted by molar-refractivity contribution is 5.82. The van der Waals surface area contributed by atoms with Crippen molar-refractivity contribution in [2.75, 3.05) is 6.54 Å². The molecule has 114 valence electrons. The van der Waals surface area contributed by atoms with Crippen LogP contribution in [0.3, 0.4) is 0 Å². The van der Waals surface area contributed by atoms with Gasteiger partial charge in [-0.25, -0.2) is 0 Å². The van der Waals surface area contributed by atoms with Gasteiger partial charge in [0.1, 0.15) is 0 Å². The van der Waals surface area contributed by atoms with Crippen LogP contribution in [0, 0.1) is 11.8 Å². The topological polar surface area (TPSA) is 41.1 Å². The minimum Gasteiger partial charge on any atom is -0.354 e. The first-order valence-corrected chi connectivity index (χ1v) is 8.30. The molecule has 21 heavy (non-hydrogen) atoms. The Morgan fingerprint density at radius 2 is 1.90 bits per heavy atom. The Labute approximate surface area is 127 Å². The molecule has 3 heteroatoms. The van der Waals surface area contributed by atoms with E-state index < -0.39 is 0 Å². The van der Waals surface area contributed by atoms with Gasteiger partial charge in [0.15, 0.2) is 0 Å². The normalized spacial score (nSPS) is 28.7. The summed E-state index contributed by atoms with van der Waals surface area (Å²) in [7, 11) is 0. The van der Waals surface area contributed by atoms with Gasteiger partial charge in [0.05, 0.1) is 6.04 Å². The zero-order valence-corrected chi connectivity index (χ0v) is 12.9. The molecule has 1 atom stereocenters. The van der Waals surface area contributed by atoms with Gasteiger partial charge >= 0.3 is 0 Å². The Hall–Kier alpha value is -1.35. The van der Waals surface area contributed by atoms with Gasteiger partial charge in [-0.2, -0.15) is 0 Å². The van der Waals surface area contributed by atoms with E-state index in [9.17, 15) is 4.79 Å². The summed E-state index contributed by atoms with van der Waals surface area (Å²) in [5.41, 5.74) is 2.63. The molecule has 2 N–H and O–H groups in total. The molecule has 1 aromatic carbocycles. The van der Waals surface area contributed by atoms with Gasteiger partial charge in [0.25, 0.3) is 0 Å². The van der Waals surface area contributed by atoms with E-state index in [1.165, 1.54) is 36.8 Å². The van der Waals surface area contributed by atoms with Crippen LogP contribution in [0.5, 0.6) is 0 Å². The smallest absolute Gasteiger partial charge is 0.237 e. The number of hydrogen-bond donors (Lipinski definition) is 2. The largest absolute Gasteiger partial charge is 0.354 e. The van der Waals surface area contributed by atoms with E-state index >= 15 is 0 Å². The van der Waals surface area contributed by atoms with E-state index in [0.717, 1.165) is 25.4 Å². The van der Waals surface area contributed by atoms with Gasteiger partial charge in [-0.3, -0.25) is 4.79 Å². The van der Waals surface area contributed by atoms with Crippen LogP contribution >= 0.6 is 0 Å². The van der Waals surface area contributed by atoms with Crippen LogP contribution in [0.25, 0.3) is 0 Å². The van der Waals surface area contributed by atoms with Crippen molar-refractivity contribution >= 4 is 5.91 Å². The Bertz CT molecular complexity index is 492. The van der Waals surface area contributed by atoms with Crippen LogP contribution in [-0.2, 0) is 17.8 Å². The number of hydrogen-bond acceptors (Lipinski definition) is 2. The monoisotopic (exact) mass is 286 g/mol. The minimum atomic E-state index is -0.0672. The van der Waals surface area contributed by atoms with Crippen LogP contribution < -0.4 is 10.6 Å². The molecule has 1 amide bonds. The van der Waals surface area contributed by atoms with E-state index in [2.05, 4.69) is 41.8 Å². The molecule has 1 aliphatic carbocycles. The lowest BCUT2D eigenvalue weighted by molar-refractivity contribution is -0.123. The molecule has 2 aliphatic rings. The highest BCUT2D eigenvalue weighted by Crippen LogP contribution is 2.27. The van der Waals surface area contributed by atoms with Gasteiger partial charge in [-0.15, -0.1) is 0 Å². The fourth-order valence-corrected chi connectivity index (χ4v) is 3.54. The minimum absolute atomic E-state index is 0.0672. The molecule has 0 spiro atoms. The maximum atomic E-state index is 12.3. The Morgan fingerprint density at radius 3 is 2.67 bits per heavy atom. The highest BCUT2D eigenvalue weighted by atomic mass is 16.2. The summed E-state index contributed by atoms with van der Waals surface area (Å²) in [5.74, 6) is 1.72. The molecular weight excluding hydrogens is 260 g/mol. The van der Waals surface area contributed by atoms with Crippen molar-refractivity contribution in [1.82, 2.24) is 10.6 Å². The summed E-state index contributed by atoms with van der Waals surface area (Å²) in [6.45, 7) is 3.98. The number of carbonyl (C=O) groups is 1. The molecule has 1 fully saturated rings. The first-order chi connectivity index (χ1) is 10.2. The molecular formula is C18H26N2O. The first kappa shape index (κ1) is 14.6. The van der Waals surface area contributed by atoms with Gasteiger partial charge in [-0.1, -0.05) is 44.0 Å². The second-order valence-electron chi connectivity index (χ2n) is 6.78. The van der Waals surface area contributed by atoms with Crippen molar-refractivity contribution < 1.29 is 4.79 Å². The van der Waals surface area contributed by atoms with Crippen molar-refractivity contribution in [2.45, 2.75) is 51.6 Å². The number of carbonyl (C=O) groups excluding carboxylic acids is 1. The van der Waals surface area contributed by atoms with Gasteiger partial charge < -0.3 is 10.6 Å². The van der Waals surface area contributed by atoms with Crippen molar-refractivity contribution in [1.29, 1.82) is 0 Å². The van der Waals surface area contributed by atoms with Gasteiger partial charge in [-0.05, 0) is 42.2 Å². The lowest BCUT2D eigenvalue weighted by Crippen LogP contribution is -2.48. The number of nitrogens with one attached hydrogen (secondary N) is 2. The average molecular weight is 286 g/mol. The maximum Gasteiger partial charge on any atom is 0.237 e. The molecule has 0 aromatic heterocycles. The van der Waals surface area contributed by atoms with E-state index in [-0.39, 0.29) is 11.9 Å². The van der Waals surface area contributed by atoms with Crippen molar-refractivity contribution in [3.05, 3.63) is 35.4 Å². The third-order valence-corrected chi connectivity index (χ3v) is 5.10. The molecule has 0 radical (unpaired) electrons. The van der Waals surface area contributed by atoms with Crippen LogP contribution in [0.4, 0.5) is 0 Å². The fourth-order valence-electron chi connectivity index (χ4n) is 3.54. The second kappa shape index (κ2) is 6.61. The fraction of sp³-hybridized carbons (Fsp3) is 0.611. The van der Waals surface area contributed by atoms with Crippen molar-refractivity contribution in [3.8, 4) is 0 Å². The molecule has 1 aromatic rings. The van der Waals surface area contributed by atoms with Crippen LogP contribution in [0.1, 0.15) is 43.7 Å². The first-order valence-electron chi connectivity index (χ1n) is 8.30. The van der Waals surface area contributed by atoms with E-state index in [4.69, 9.17) is 0 Å². The highest BCUT2D eigenvalue weighted by Gasteiger charge is 2.25. The zero-order valence-electron chi connectivity index (χ0n) is 12.9. The molecule has 1 saturated carbocycles. The van der Waals surface area contributed by atoms with E-state index in [1.54, 1.807) is 0 Å². The van der Waals surface area contributed by atoms with E-state index in [1.807, 2.05) is 0 Å². The third-order valence-electron chi connectivity index (χ3n) is 5.10. The van der Waals surface area contributed by atoms with Crippen LogP contribution in [0.2, 0.25) is 0 Å². The molecule has 1 unspecified atom stereocenters. The van der Waals surface area contributed by atoms with Gasteiger partial charge in [0, 0.05) is 13.1 Å². The maximum absolute atomic E-state index is 12.3. The third kappa shape index (κ3) is 3.65. The summed E-state index contributed by atoms with van der Waals surface area (Å²) in [6.07, 6.45) is 5.97. The van der Waals surface area contributed by atoms with Crippen LogP contribution in [0.15, 0.2) is 24.3 Å². The summed E-state index contributed by atoms with van der Waals surface area (Å²) < 4.78 is 0. The number of amides is 1. The van der Waals surface area contributed by atoms with Gasteiger partial charge in [0.2, 0.25) is 5.91 Å². The lowest BCUT2D eigenvalue weighted by atomic mass is 9.83. The van der Waals surface area contributed by atoms with Crippen molar-refractivity contribution in [3.63, 3.8) is 0 Å². The number of rotatable bonds is 3. The molecule has 1 heterocycles. The summed E-state index contributed by atoms with van der Waals surface area (Å²) >= 11 is 0. The molecule has 1 aliphatic heterocycles. The SMILES string of the molecule is CC1CCC(CNC(=O)C2Cc3ccccc3CN2)CC1. The Morgan fingerprint density at radius 1 is 1.19 bits per heavy atom. The summed E-state index contributed by atoms with van der Waals surface area (Å²) in [5, 5.41) is 6.52. The molecule has 0 saturated heterocycles. The Kier molecular flexibility index (Phi) is 4.59. The van der Waals surface area contributed by atoms with Crippen LogP contribution in [-0.4, -0.2) is 18.5 Å². The average Bonchev–Trinajstić information content (AvgIpc) is 2.53. The predicted octanol–water partition coefficient (Wildman–Crippen LogP) is 2.64. The summed E-state index contributed by atoms with van der Waals surface area (Å²) in [4.78, 5) is 12.3. The zero-order chi connectivity index (χ0) is 14.7. The quantitative estimate of drug-likeness (QED) is 0.897. The lowest BCUT2D eigenvalue weighted by Gasteiger charge is -2.28. The molecule has 3 nitrogen and oxygen atoms in total. The number of fused-ring (bicyclic) bond motifs is 1. The molecule has 0 bridgehead atoms. The molecule has 3 rings (SSSR count). The Balaban J connectivity index is 1.48. The standard InChI is InChI=1S/C18H26N2O/c1-13-6-8-14(9-7-13)11-20-18(21)17-10-15-4-2-3-5-16(15)12-19-17/h2-5,13-14,17,19H,6-12H2,1H3,(H,20,21). The van der Waals surface area contributed by atoms with E-state index in [0.29, 0.717) is 5.92 Å².